The second-order valence-corrected chi connectivity index (χ2v) is 4.98. The van der Waals surface area contributed by atoms with Crippen molar-refractivity contribution >= 4 is 10.1 Å². The Bertz CT molecular complexity index is 537. The van der Waals surface area contributed by atoms with E-state index in [0.717, 1.165) is 0 Å². The molecule has 4 nitrogen and oxygen atoms in total. The minimum Gasteiger partial charge on any atom is -0.281 e. The van der Waals surface area contributed by atoms with Crippen LogP contribution >= 0.6 is 0 Å². The molecule has 1 rings (SSSR count). The fourth-order valence-electron chi connectivity index (χ4n) is 0.806. The lowest BCUT2D eigenvalue weighted by atomic mass is 10.2. The molecule has 0 atom stereocenters. The summed E-state index contributed by atoms with van der Waals surface area (Å²) in [4.78, 5) is 3.78. The van der Waals surface area contributed by atoms with Gasteiger partial charge in [-0.2, -0.15) is 34.8 Å². The van der Waals surface area contributed by atoms with Crippen molar-refractivity contribution in [2.45, 2.75) is 23.5 Å². The minimum atomic E-state index is -6.97. The van der Waals surface area contributed by atoms with Crippen LogP contribution in [0.15, 0.2) is 30.6 Å². The molecule has 1 aromatic heterocycles. The van der Waals surface area contributed by atoms with Gasteiger partial charge in [-0.3, -0.25) is 9.54 Å². The van der Waals surface area contributed by atoms with Crippen LogP contribution in [-0.2, 0) is 10.1 Å². The van der Waals surface area contributed by atoms with Crippen molar-refractivity contribution in [2.24, 2.45) is 0 Å². The van der Waals surface area contributed by atoms with Crippen LogP contribution in [0.25, 0.3) is 0 Å². The summed E-state index contributed by atoms with van der Waals surface area (Å²) in [6.07, 6.45) is -1.74. The standard InChI is InChI=1S/C5H5N.C4H2F8O3S/c1-2-4-6-5-3-1;5-1(6)2(7,8)3(9,10)4(11,12)16(13,14)15/h1-5H;1H,(H,13,14,15). The lowest BCUT2D eigenvalue weighted by molar-refractivity contribution is -0.315. The number of halogens is 8. The van der Waals surface area contributed by atoms with E-state index in [1.54, 1.807) is 12.4 Å². The molecule has 0 fully saturated rings. The first-order valence-corrected chi connectivity index (χ1v) is 6.37. The van der Waals surface area contributed by atoms with Gasteiger partial charge in [0, 0.05) is 12.4 Å². The number of nitrogens with zero attached hydrogens (tertiary/aromatic N) is 1. The fraction of sp³-hybridized carbons (Fsp3) is 0.444. The van der Waals surface area contributed by atoms with E-state index in [0.29, 0.717) is 0 Å². The van der Waals surface area contributed by atoms with Crippen LogP contribution in [0.3, 0.4) is 0 Å². The lowest BCUT2D eigenvalue weighted by Crippen LogP contribution is -2.60. The maximum absolute atomic E-state index is 12.2. The van der Waals surface area contributed by atoms with Crippen LogP contribution in [-0.4, -0.2) is 41.5 Å². The molecule has 1 aromatic rings. The average molecular weight is 361 g/mol. The van der Waals surface area contributed by atoms with Crippen LogP contribution in [0, 0.1) is 0 Å². The van der Waals surface area contributed by atoms with Gasteiger partial charge in [-0.1, -0.05) is 6.07 Å². The summed E-state index contributed by atoms with van der Waals surface area (Å²) in [6.45, 7) is 0. The molecular weight excluding hydrogens is 354 g/mol. The predicted molar refractivity (Wildman–Crippen MR) is 56.6 cm³/mol. The molecule has 128 valence electrons. The number of alkyl halides is 8. The van der Waals surface area contributed by atoms with Gasteiger partial charge in [-0.25, -0.2) is 8.78 Å². The number of pyridine rings is 1. The number of aromatic nitrogens is 1. The van der Waals surface area contributed by atoms with Gasteiger partial charge in [-0.05, 0) is 12.1 Å². The Morgan fingerprint density at radius 2 is 1.32 bits per heavy atom. The summed E-state index contributed by atoms with van der Waals surface area (Å²) in [7, 11) is -6.97. The van der Waals surface area contributed by atoms with E-state index in [9.17, 15) is 43.5 Å². The zero-order valence-electron chi connectivity index (χ0n) is 10.1. The largest absolute Gasteiger partial charge is 0.438 e. The molecule has 0 radical (unpaired) electrons. The van der Waals surface area contributed by atoms with Gasteiger partial charge in [0.2, 0.25) is 0 Å². The Kier molecular flexibility index (Phi) is 6.27. The molecule has 1 heterocycles. The van der Waals surface area contributed by atoms with E-state index in [2.05, 4.69) is 4.98 Å². The van der Waals surface area contributed by atoms with Crippen LogP contribution in [0.2, 0.25) is 0 Å². The number of rotatable bonds is 4. The van der Waals surface area contributed by atoms with Crippen LogP contribution in [0.1, 0.15) is 0 Å². The SMILES string of the molecule is O=S(=O)(O)C(F)(F)C(F)(F)C(F)(F)C(F)F.c1ccncc1. The average Bonchev–Trinajstić information content (AvgIpc) is 2.39. The van der Waals surface area contributed by atoms with E-state index in [1.807, 2.05) is 18.2 Å². The summed E-state index contributed by atoms with van der Waals surface area (Å²) in [5, 5.41) is -6.74. The Morgan fingerprint density at radius 3 is 1.50 bits per heavy atom. The van der Waals surface area contributed by atoms with E-state index in [4.69, 9.17) is 4.55 Å². The topological polar surface area (TPSA) is 67.3 Å². The van der Waals surface area contributed by atoms with Crippen LogP contribution in [0.4, 0.5) is 35.1 Å². The highest BCUT2D eigenvalue weighted by Crippen LogP contribution is 2.50. The third-order valence-electron chi connectivity index (χ3n) is 1.95. The van der Waals surface area contributed by atoms with Crippen molar-refractivity contribution in [1.82, 2.24) is 4.98 Å². The number of hydrogen-bond donors (Lipinski definition) is 1. The smallest absolute Gasteiger partial charge is 0.281 e. The Hall–Kier alpha value is -1.50. The fourth-order valence-corrected chi connectivity index (χ4v) is 1.27. The molecule has 0 saturated heterocycles. The van der Waals surface area contributed by atoms with Crippen molar-refractivity contribution in [3.63, 3.8) is 0 Å². The summed E-state index contributed by atoms with van der Waals surface area (Å²) < 4.78 is 123. The molecule has 0 amide bonds. The van der Waals surface area contributed by atoms with E-state index in [1.165, 1.54) is 0 Å². The summed E-state index contributed by atoms with van der Waals surface area (Å²) in [5.41, 5.74) is 0. The number of hydrogen-bond acceptors (Lipinski definition) is 3. The van der Waals surface area contributed by atoms with Gasteiger partial charge in [0.1, 0.15) is 0 Å². The molecule has 0 aliphatic heterocycles. The normalized spacial score (nSPS) is 13.5. The third-order valence-corrected chi connectivity index (χ3v) is 2.85. The molecule has 0 unspecified atom stereocenters. The van der Waals surface area contributed by atoms with Crippen molar-refractivity contribution in [3.05, 3.63) is 30.6 Å². The molecule has 13 heteroatoms. The second kappa shape index (κ2) is 6.73. The molecule has 22 heavy (non-hydrogen) atoms. The Labute approximate surface area is 118 Å². The van der Waals surface area contributed by atoms with Gasteiger partial charge >= 0.3 is 33.6 Å². The Morgan fingerprint density at radius 1 is 0.909 bits per heavy atom. The first-order chi connectivity index (χ1) is 9.69. The summed E-state index contributed by atoms with van der Waals surface area (Å²) in [6, 6.07) is 5.72. The molecule has 0 aliphatic carbocycles. The van der Waals surface area contributed by atoms with Crippen LogP contribution < -0.4 is 0 Å². The van der Waals surface area contributed by atoms with Gasteiger partial charge in [0.05, 0.1) is 0 Å². The predicted octanol–water partition coefficient (Wildman–Crippen LogP) is 3.08. The van der Waals surface area contributed by atoms with Gasteiger partial charge < -0.3 is 0 Å². The zero-order valence-corrected chi connectivity index (χ0v) is 10.9. The maximum atomic E-state index is 12.2. The highest BCUT2D eigenvalue weighted by Gasteiger charge is 2.80. The van der Waals surface area contributed by atoms with Gasteiger partial charge in [0.15, 0.2) is 0 Å². The monoisotopic (exact) mass is 361 g/mol. The maximum Gasteiger partial charge on any atom is 0.438 e. The molecule has 0 aromatic carbocycles. The molecule has 0 spiro atoms. The first-order valence-electron chi connectivity index (χ1n) is 4.93. The third kappa shape index (κ3) is 4.03. The quantitative estimate of drug-likeness (QED) is 0.661. The first kappa shape index (κ1) is 20.5. The molecular formula is C9H7F8NO3S. The second-order valence-electron chi connectivity index (χ2n) is 3.51. The summed E-state index contributed by atoms with van der Waals surface area (Å²) >= 11 is 0. The van der Waals surface area contributed by atoms with Crippen molar-refractivity contribution in [2.75, 3.05) is 0 Å². The highest BCUT2D eigenvalue weighted by atomic mass is 32.2. The van der Waals surface area contributed by atoms with Crippen LogP contribution in [0.5, 0.6) is 0 Å². The molecule has 0 bridgehead atoms. The molecule has 0 aliphatic rings. The van der Waals surface area contributed by atoms with Crippen molar-refractivity contribution in [3.8, 4) is 0 Å². The lowest BCUT2D eigenvalue weighted by Gasteiger charge is -2.29. The summed E-state index contributed by atoms with van der Waals surface area (Å²) in [5.74, 6) is -13.6. The minimum absolute atomic E-state index is 1.75. The molecule has 1 N–H and O–H groups in total. The van der Waals surface area contributed by atoms with E-state index >= 15 is 0 Å². The van der Waals surface area contributed by atoms with Gasteiger partial charge in [0.25, 0.3) is 0 Å². The van der Waals surface area contributed by atoms with Crippen molar-refractivity contribution < 1.29 is 48.1 Å². The highest BCUT2D eigenvalue weighted by molar-refractivity contribution is 7.87. The van der Waals surface area contributed by atoms with E-state index < -0.39 is 33.6 Å². The zero-order chi connectivity index (χ0) is 17.8. The Balaban J connectivity index is 0.000000604. The van der Waals surface area contributed by atoms with Gasteiger partial charge in [-0.15, -0.1) is 0 Å². The molecule has 0 saturated carbocycles. The van der Waals surface area contributed by atoms with E-state index in [-0.39, 0.29) is 0 Å². The van der Waals surface area contributed by atoms with Crippen molar-refractivity contribution in [1.29, 1.82) is 0 Å².